The van der Waals surface area contributed by atoms with Gasteiger partial charge in [0.15, 0.2) is 0 Å². The third kappa shape index (κ3) is 5.02. The Morgan fingerprint density at radius 3 is 2.64 bits per heavy atom. The molecule has 2 aromatic carbocycles. The molecule has 1 fully saturated rings. The molecule has 3 heterocycles. The Morgan fingerprint density at radius 2 is 1.91 bits per heavy atom. The lowest BCUT2D eigenvalue weighted by molar-refractivity contribution is 0.309. The summed E-state index contributed by atoms with van der Waals surface area (Å²) < 4.78 is 13.3. The van der Waals surface area contributed by atoms with Gasteiger partial charge in [-0.05, 0) is 77.2 Å². The predicted molar refractivity (Wildman–Crippen MR) is 137 cm³/mol. The van der Waals surface area contributed by atoms with Crippen molar-refractivity contribution in [1.29, 1.82) is 0 Å². The predicted octanol–water partition coefficient (Wildman–Crippen LogP) is 7.31. The lowest BCUT2D eigenvalue weighted by atomic mass is 9.80. The quantitative estimate of drug-likeness (QED) is 0.304. The van der Waals surface area contributed by atoms with Crippen molar-refractivity contribution in [3.05, 3.63) is 117 Å². The van der Waals surface area contributed by atoms with E-state index in [4.69, 9.17) is 16.6 Å². The molecule has 6 heteroatoms. The van der Waals surface area contributed by atoms with E-state index in [9.17, 15) is 4.39 Å². The molecule has 1 aliphatic heterocycles. The number of nitrogens with one attached hydrogen (secondary N) is 1. The Balaban J connectivity index is 1.39. The van der Waals surface area contributed by atoms with Crippen LogP contribution >= 0.6 is 34.7 Å². The molecule has 2 nitrogen and oxygen atoms in total. The molecule has 2 atom stereocenters. The molecule has 2 aromatic heterocycles. The summed E-state index contributed by atoms with van der Waals surface area (Å²) in [6.07, 6.45) is 2.69. The molecule has 0 amide bonds. The highest BCUT2D eigenvalue weighted by atomic mass is 35.5. The summed E-state index contributed by atoms with van der Waals surface area (Å²) in [5.74, 6) is -0.215. The Hall–Kier alpha value is -2.18. The van der Waals surface area contributed by atoms with Gasteiger partial charge >= 0.3 is 0 Å². The van der Waals surface area contributed by atoms with Crippen LogP contribution in [0.4, 0.5) is 4.39 Å². The van der Waals surface area contributed by atoms with Gasteiger partial charge in [0.2, 0.25) is 0 Å². The molecule has 2 unspecified atom stereocenters. The molecule has 1 saturated heterocycles. The minimum atomic E-state index is -0.309. The number of nitrogens with zero attached hydrogens (tertiary/aromatic N) is 1. The maximum atomic E-state index is 13.3. The van der Waals surface area contributed by atoms with E-state index < -0.39 is 0 Å². The van der Waals surface area contributed by atoms with E-state index in [1.54, 1.807) is 11.3 Å². The summed E-state index contributed by atoms with van der Waals surface area (Å²) in [7, 11) is 0. The Morgan fingerprint density at radius 1 is 1.06 bits per heavy atom. The van der Waals surface area contributed by atoms with Crippen molar-refractivity contribution in [2.24, 2.45) is 0 Å². The van der Waals surface area contributed by atoms with Crippen molar-refractivity contribution in [1.82, 2.24) is 10.3 Å². The molecule has 0 radical (unpaired) electrons. The third-order valence-electron chi connectivity index (χ3n) is 6.16. The zero-order valence-electron chi connectivity index (χ0n) is 18.0. The van der Waals surface area contributed by atoms with Crippen LogP contribution < -0.4 is 5.32 Å². The normalized spacial score (nSPS) is 20.6. The topological polar surface area (TPSA) is 24.9 Å². The zero-order chi connectivity index (χ0) is 22.7. The van der Waals surface area contributed by atoms with Crippen LogP contribution in [0.3, 0.4) is 0 Å². The number of benzene rings is 2. The first-order valence-electron chi connectivity index (χ1n) is 11.0. The highest BCUT2D eigenvalue weighted by Gasteiger charge is 2.40. The monoisotopic (exact) mass is 494 g/mol. The van der Waals surface area contributed by atoms with E-state index in [-0.39, 0.29) is 11.4 Å². The highest BCUT2D eigenvalue weighted by Crippen LogP contribution is 2.41. The number of pyridine rings is 1. The van der Waals surface area contributed by atoms with Crippen molar-refractivity contribution >= 4 is 34.7 Å². The molecule has 0 spiro atoms. The number of hydrogen-bond acceptors (Lipinski definition) is 4. The average Bonchev–Trinajstić information content (AvgIpc) is 3.39. The van der Waals surface area contributed by atoms with Gasteiger partial charge in [-0.15, -0.1) is 11.8 Å². The van der Waals surface area contributed by atoms with Crippen molar-refractivity contribution in [3.8, 4) is 0 Å². The van der Waals surface area contributed by atoms with Crippen LogP contribution in [0.1, 0.15) is 35.4 Å². The fourth-order valence-electron chi connectivity index (χ4n) is 4.42. The lowest BCUT2D eigenvalue weighted by Crippen LogP contribution is -2.50. The molecule has 5 rings (SSSR count). The van der Waals surface area contributed by atoms with Crippen LogP contribution in [0.25, 0.3) is 0 Å². The molecule has 33 heavy (non-hydrogen) atoms. The number of rotatable bonds is 6. The molecular formula is C27H24ClFN2S2. The van der Waals surface area contributed by atoms with Gasteiger partial charge in [0.25, 0.3) is 0 Å². The highest BCUT2D eigenvalue weighted by molar-refractivity contribution is 8.00. The number of piperidine rings is 1. The van der Waals surface area contributed by atoms with Crippen molar-refractivity contribution in [2.75, 3.05) is 6.54 Å². The summed E-state index contributed by atoms with van der Waals surface area (Å²) >= 11 is 9.96. The number of aromatic nitrogens is 1. The van der Waals surface area contributed by atoms with Crippen LogP contribution in [-0.2, 0) is 12.0 Å². The van der Waals surface area contributed by atoms with Crippen LogP contribution in [0.5, 0.6) is 0 Å². The van der Waals surface area contributed by atoms with Gasteiger partial charge in [0.05, 0.1) is 16.3 Å². The van der Waals surface area contributed by atoms with Crippen LogP contribution in [-0.4, -0.2) is 16.8 Å². The number of hydrogen-bond donors (Lipinski definition) is 1. The second kappa shape index (κ2) is 9.98. The fourth-order valence-corrected chi connectivity index (χ4v) is 6.52. The smallest absolute Gasteiger partial charge is 0.123 e. The zero-order valence-corrected chi connectivity index (χ0v) is 20.4. The number of thioether (sulfide) groups is 1. The second-order valence-corrected chi connectivity index (χ2v) is 10.9. The SMILES string of the molecule is Fc1ccc(Cc2cccc(C3(c4ccsc4)CCC(Sc4ccccc4Cl)CN3)n2)cc1. The van der Waals surface area contributed by atoms with E-state index in [2.05, 4.69) is 40.3 Å². The van der Waals surface area contributed by atoms with Crippen LogP contribution in [0.15, 0.2) is 88.5 Å². The molecular weight excluding hydrogens is 471 g/mol. The second-order valence-electron chi connectivity index (χ2n) is 8.32. The minimum Gasteiger partial charge on any atom is -0.301 e. The first kappa shape index (κ1) is 22.6. The largest absolute Gasteiger partial charge is 0.301 e. The summed E-state index contributed by atoms with van der Waals surface area (Å²) in [5, 5.41) is 9.48. The van der Waals surface area contributed by atoms with Gasteiger partial charge in [-0.1, -0.05) is 41.9 Å². The van der Waals surface area contributed by atoms with Crippen molar-refractivity contribution < 1.29 is 4.39 Å². The maximum absolute atomic E-state index is 13.3. The molecule has 0 aliphatic carbocycles. The van der Waals surface area contributed by atoms with Gasteiger partial charge < -0.3 is 5.32 Å². The molecule has 168 valence electrons. The third-order valence-corrected chi connectivity index (χ3v) is 8.63. The molecule has 1 N–H and O–H groups in total. The van der Waals surface area contributed by atoms with Crippen LogP contribution in [0, 0.1) is 5.82 Å². The van der Waals surface area contributed by atoms with Crippen molar-refractivity contribution in [3.63, 3.8) is 0 Å². The first-order valence-corrected chi connectivity index (χ1v) is 13.2. The fraction of sp³-hybridized carbons (Fsp3) is 0.222. The van der Waals surface area contributed by atoms with Crippen LogP contribution in [0.2, 0.25) is 5.02 Å². The van der Waals surface area contributed by atoms with Crippen molar-refractivity contribution in [2.45, 2.75) is 34.9 Å². The Labute approximate surface area is 207 Å². The average molecular weight is 495 g/mol. The van der Waals surface area contributed by atoms with E-state index in [0.717, 1.165) is 46.3 Å². The standard InChI is InChI=1S/C27H24ClFN2S2/c28-24-5-1-2-6-25(24)33-23-12-14-27(30-17-23,20-13-15-32-18-20)26-7-3-4-22(31-26)16-19-8-10-21(29)11-9-19/h1-11,13,15,18,23,30H,12,14,16-17H2. The summed E-state index contributed by atoms with van der Waals surface area (Å²) in [6, 6.07) is 23.2. The van der Waals surface area contributed by atoms with Gasteiger partial charge in [-0.25, -0.2) is 4.39 Å². The Bertz CT molecular complexity index is 1200. The van der Waals surface area contributed by atoms with Gasteiger partial charge in [0, 0.05) is 28.8 Å². The molecule has 4 aromatic rings. The minimum absolute atomic E-state index is 0.215. The number of halogens is 2. The first-order chi connectivity index (χ1) is 16.1. The summed E-state index contributed by atoms with van der Waals surface area (Å²) in [6.45, 7) is 0.871. The molecule has 1 aliphatic rings. The maximum Gasteiger partial charge on any atom is 0.123 e. The molecule has 0 saturated carbocycles. The van der Waals surface area contributed by atoms with Gasteiger partial charge in [-0.3, -0.25) is 4.98 Å². The summed E-state index contributed by atoms with van der Waals surface area (Å²) in [5.41, 5.74) is 4.04. The Kier molecular flexibility index (Phi) is 6.84. The number of thiophene rings is 1. The van der Waals surface area contributed by atoms with E-state index in [1.165, 1.54) is 17.7 Å². The molecule has 0 bridgehead atoms. The summed E-state index contributed by atoms with van der Waals surface area (Å²) in [4.78, 5) is 6.22. The van der Waals surface area contributed by atoms with E-state index in [1.807, 2.05) is 48.2 Å². The van der Waals surface area contributed by atoms with E-state index in [0.29, 0.717) is 11.7 Å². The van der Waals surface area contributed by atoms with Gasteiger partial charge in [-0.2, -0.15) is 11.3 Å². The van der Waals surface area contributed by atoms with Gasteiger partial charge in [0.1, 0.15) is 5.82 Å². The lowest BCUT2D eigenvalue weighted by Gasteiger charge is -2.41. The van der Waals surface area contributed by atoms with E-state index >= 15 is 0 Å².